The van der Waals surface area contributed by atoms with E-state index in [1.165, 1.54) is 0 Å². The van der Waals surface area contributed by atoms with Crippen LogP contribution in [-0.2, 0) is 4.74 Å². The molecule has 1 heterocycles. The molecule has 0 aliphatic carbocycles. The number of ether oxygens (including phenoxy) is 3. The number of aliphatic hydroxyl groups excluding tert-OH is 1. The van der Waals surface area contributed by atoms with Crippen molar-refractivity contribution in [2.75, 3.05) is 41.0 Å². The zero-order valence-electron chi connectivity index (χ0n) is 12.3. The van der Waals surface area contributed by atoms with E-state index in [1.807, 2.05) is 19.2 Å². The lowest BCUT2D eigenvalue weighted by atomic mass is 10.1. The summed E-state index contributed by atoms with van der Waals surface area (Å²) in [6.07, 6.45) is 0.421. The van der Waals surface area contributed by atoms with Crippen LogP contribution in [0.3, 0.4) is 0 Å². The standard InChI is InChI=1S/C15H23NO4/c1-16(11-6-7-20-10-11)9-14(17)13-5-4-12(18-2)8-15(13)19-3/h4-5,8,11,14,17H,6-7,9-10H2,1-3H3. The molecule has 2 atom stereocenters. The van der Waals surface area contributed by atoms with Crippen molar-refractivity contribution in [3.05, 3.63) is 23.8 Å². The van der Waals surface area contributed by atoms with Crippen molar-refractivity contribution in [2.45, 2.75) is 18.6 Å². The Morgan fingerprint density at radius 2 is 2.20 bits per heavy atom. The third kappa shape index (κ3) is 3.42. The number of hydrogen-bond donors (Lipinski definition) is 1. The fraction of sp³-hybridized carbons (Fsp3) is 0.600. The summed E-state index contributed by atoms with van der Waals surface area (Å²) in [6, 6.07) is 5.85. The number of rotatable bonds is 6. The second-order valence-corrected chi connectivity index (χ2v) is 5.08. The lowest BCUT2D eigenvalue weighted by Crippen LogP contribution is -2.35. The Balaban J connectivity index is 2.05. The molecule has 2 unspecified atom stereocenters. The maximum atomic E-state index is 10.4. The summed E-state index contributed by atoms with van der Waals surface area (Å²) in [4.78, 5) is 2.14. The van der Waals surface area contributed by atoms with E-state index in [0.717, 1.165) is 30.9 Å². The van der Waals surface area contributed by atoms with Crippen LogP contribution >= 0.6 is 0 Å². The number of benzene rings is 1. The van der Waals surface area contributed by atoms with E-state index in [-0.39, 0.29) is 0 Å². The van der Waals surface area contributed by atoms with Crippen molar-refractivity contribution in [1.29, 1.82) is 0 Å². The Hall–Kier alpha value is -1.30. The number of aliphatic hydroxyl groups is 1. The van der Waals surface area contributed by atoms with Crippen LogP contribution < -0.4 is 9.47 Å². The summed E-state index contributed by atoms with van der Waals surface area (Å²) in [5, 5.41) is 10.4. The van der Waals surface area contributed by atoms with Gasteiger partial charge in [-0.15, -0.1) is 0 Å². The number of nitrogens with zero attached hydrogens (tertiary/aromatic N) is 1. The topological polar surface area (TPSA) is 51.2 Å². The first kappa shape index (κ1) is 15.1. The summed E-state index contributed by atoms with van der Waals surface area (Å²) in [5.41, 5.74) is 0.777. The van der Waals surface area contributed by atoms with E-state index in [0.29, 0.717) is 18.3 Å². The molecule has 1 N–H and O–H groups in total. The van der Waals surface area contributed by atoms with Gasteiger partial charge in [-0.2, -0.15) is 0 Å². The smallest absolute Gasteiger partial charge is 0.128 e. The minimum absolute atomic E-state index is 0.383. The van der Waals surface area contributed by atoms with Crippen molar-refractivity contribution in [3.63, 3.8) is 0 Å². The van der Waals surface area contributed by atoms with Crippen molar-refractivity contribution in [3.8, 4) is 11.5 Å². The molecule has 1 aliphatic rings. The van der Waals surface area contributed by atoms with Crippen LogP contribution in [-0.4, -0.2) is 57.1 Å². The molecule has 0 aromatic heterocycles. The first-order valence-electron chi connectivity index (χ1n) is 6.83. The van der Waals surface area contributed by atoms with Crippen LogP contribution in [0.25, 0.3) is 0 Å². The second kappa shape index (κ2) is 6.92. The second-order valence-electron chi connectivity index (χ2n) is 5.08. The van der Waals surface area contributed by atoms with Gasteiger partial charge in [-0.25, -0.2) is 0 Å². The van der Waals surface area contributed by atoms with Crippen LogP contribution in [0.5, 0.6) is 11.5 Å². The highest BCUT2D eigenvalue weighted by molar-refractivity contribution is 5.42. The molecule has 1 saturated heterocycles. The number of methoxy groups -OCH3 is 2. The van der Waals surface area contributed by atoms with Crippen molar-refractivity contribution in [1.82, 2.24) is 4.90 Å². The molecule has 2 rings (SSSR count). The van der Waals surface area contributed by atoms with E-state index >= 15 is 0 Å². The van der Waals surface area contributed by atoms with Gasteiger partial charge in [0, 0.05) is 30.8 Å². The highest BCUT2D eigenvalue weighted by atomic mass is 16.5. The van der Waals surface area contributed by atoms with Crippen LogP contribution in [0.1, 0.15) is 18.1 Å². The van der Waals surface area contributed by atoms with E-state index in [4.69, 9.17) is 14.2 Å². The average molecular weight is 281 g/mol. The summed E-state index contributed by atoms with van der Waals surface area (Å²) in [5.74, 6) is 1.36. The zero-order chi connectivity index (χ0) is 14.5. The largest absolute Gasteiger partial charge is 0.497 e. The SMILES string of the molecule is COc1ccc(C(O)CN(C)C2CCOC2)c(OC)c1. The van der Waals surface area contributed by atoms with Crippen molar-refractivity contribution in [2.24, 2.45) is 0 Å². The molecule has 112 valence electrons. The maximum absolute atomic E-state index is 10.4. The van der Waals surface area contributed by atoms with Crippen LogP contribution in [0, 0.1) is 0 Å². The van der Waals surface area contributed by atoms with Gasteiger partial charge in [0.25, 0.3) is 0 Å². The van der Waals surface area contributed by atoms with Gasteiger partial charge < -0.3 is 19.3 Å². The highest BCUT2D eigenvalue weighted by Gasteiger charge is 2.23. The van der Waals surface area contributed by atoms with E-state index < -0.39 is 6.10 Å². The molecule has 0 spiro atoms. The minimum Gasteiger partial charge on any atom is -0.497 e. The fourth-order valence-electron chi connectivity index (χ4n) is 2.48. The van der Waals surface area contributed by atoms with Gasteiger partial charge in [-0.1, -0.05) is 0 Å². The molecule has 5 nitrogen and oxygen atoms in total. The number of hydrogen-bond acceptors (Lipinski definition) is 5. The Labute approximate surface area is 120 Å². The molecule has 0 saturated carbocycles. The Morgan fingerprint density at radius 3 is 2.80 bits per heavy atom. The van der Waals surface area contributed by atoms with Crippen molar-refractivity contribution >= 4 is 0 Å². The molecular weight excluding hydrogens is 258 g/mol. The predicted molar refractivity (Wildman–Crippen MR) is 76.4 cm³/mol. The molecular formula is C15H23NO4. The van der Waals surface area contributed by atoms with Crippen LogP contribution in [0.15, 0.2) is 18.2 Å². The molecule has 1 aromatic rings. The molecule has 1 fully saturated rings. The van der Waals surface area contributed by atoms with Gasteiger partial charge in [0.15, 0.2) is 0 Å². The van der Waals surface area contributed by atoms with Gasteiger partial charge >= 0.3 is 0 Å². The third-order valence-electron chi connectivity index (χ3n) is 3.79. The molecule has 5 heteroatoms. The molecule has 1 aromatic carbocycles. The van der Waals surface area contributed by atoms with Crippen molar-refractivity contribution < 1.29 is 19.3 Å². The number of likely N-dealkylation sites (N-methyl/N-ethyl adjacent to an activating group) is 1. The third-order valence-corrected chi connectivity index (χ3v) is 3.79. The maximum Gasteiger partial charge on any atom is 0.128 e. The quantitative estimate of drug-likeness (QED) is 0.855. The normalized spacial score (nSPS) is 20.1. The Morgan fingerprint density at radius 1 is 1.40 bits per heavy atom. The fourth-order valence-corrected chi connectivity index (χ4v) is 2.48. The Kier molecular flexibility index (Phi) is 5.23. The van der Waals surface area contributed by atoms with Crippen LogP contribution in [0.2, 0.25) is 0 Å². The Bertz CT molecular complexity index is 432. The first-order chi connectivity index (χ1) is 9.65. The van der Waals surface area contributed by atoms with Gasteiger partial charge in [0.05, 0.1) is 26.9 Å². The molecule has 0 radical (unpaired) electrons. The summed E-state index contributed by atoms with van der Waals surface area (Å²) in [7, 11) is 5.22. The van der Waals surface area contributed by atoms with Gasteiger partial charge in [0.2, 0.25) is 0 Å². The molecule has 0 bridgehead atoms. The van der Waals surface area contributed by atoms with Gasteiger partial charge in [-0.05, 0) is 25.6 Å². The van der Waals surface area contributed by atoms with E-state index in [1.54, 1.807) is 20.3 Å². The van der Waals surface area contributed by atoms with Gasteiger partial charge in [0.1, 0.15) is 11.5 Å². The highest BCUT2D eigenvalue weighted by Crippen LogP contribution is 2.30. The lowest BCUT2D eigenvalue weighted by molar-refractivity contribution is 0.0933. The summed E-state index contributed by atoms with van der Waals surface area (Å²) >= 11 is 0. The molecule has 0 amide bonds. The summed E-state index contributed by atoms with van der Waals surface area (Å²) in [6.45, 7) is 2.09. The monoisotopic (exact) mass is 281 g/mol. The van der Waals surface area contributed by atoms with Crippen LogP contribution in [0.4, 0.5) is 0 Å². The molecule has 20 heavy (non-hydrogen) atoms. The lowest BCUT2D eigenvalue weighted by Gasteiger charge is -2.26. The average Bonchev–Trinajstić information content (AvgIpc) is 3.00. The molecule has 1 aliphatic heterocycles. The first-order valence-corrected chi connectivity index (χ1v) is 6.83. The summed E-state index contributed by atoms with van der Waals surface area (Å²) < 4.78 is 15.9. The zero-order valence-corrected chi connectivity index (χ0v) is 12.3. The predicted octanol–water partition coefficient (Wildman–Crippen LogP) is 1.46. The van der Waals surface area contributed by atoms with Gasteiger partial charge in [-0.3, -0.25) is 4.90 Å². The van der Waals surface area contributed by atoms with E-state index in [9.17, 15) is 5.11 Å². The minimum atomic E-state index is -0.596. The van der Waals surface area contributed by atoms with E-state index in [2.05, 4.69) is 4.90 Å².